The maximum absolute atomic E-state index is 12.2. The lowest BCUT2D eigenvalue weighted by Crippen LogP contribution is -2.30. The molecule has 1 aliphatic rings. The zero-order chi connectivity index (χ0) is 17.6. The number of carbonyl (C=O) groups excluding carboxylic acids is 2. The molecule has 0 aromatic heterocycles. The SMILES string of the molecule is Cc1ccc(CNC(=O)CNc2ccccc2C(=O)NC2CC2)cc1. The minimum atomic E-state index is -0.113. The van der Waals surface area contributed by atoms with Crippen molar-refractivity contribution >= 4 is 17.5 Å². The third-order valence-electron chi connectivity index (χ3n) is 4.13. The van der Waals surface area contributed by atoms with E-state index in [2.05, 4.69) is 16.0 Å². The lowest BCUT2D eigenvalue weighted by molar-refractivity contribution is -0.119. The van der Waals surface area contributed by atoms with Gasteiger partial charge in [-0.15, -0.1) is 0 Å². The van der Waals surface area contributed by atoms with Crippen LogP contribution in [0.15, 0.2) is 48.5 Å². The highest BCUT2D eigenvalue weighted by Crippen LogP contribution is 2.21. The maximum atomic E-state index is 12.2. The van der Waals surface area contributed by atoms with Crippen molar-refractivity contribution in [2.45, 2.75) is 32.4 Å². The molecule has 0 unspecified atom stereocenters. The first-order valence-electron chi connectivity index (χ1n) is 8.58. The number of amides is 2. The summed E-state index contributed by atoms with van der Waals surface area (Å²) in [5.74, 6) is -0.205. The predicted octanol–water partition coefficient (Wildman–Crippen LogP) is 2.62. The third-order valence-corrected chi connectivity index (χ3v) is 4.13. The lowest BCUT2D eigenvalue weighted by atomic mass is 10.1. The van der Waals surface area contributed by atoms with Gasteiger partial charge >= 0.3 is 0 Å². The smallest absolute Gasteiger partial charge is 0.253 e. The van der Waals surface area contributed by atoms with Crippen LogP contribution in [0.4, 0.5) is 5.69 Å². The predicted molar refractivity (Wildman–Crippen MR) is 98.4 cm³/mol. The Morgan fingerprint density at radius 1 is 1.04 bits per heavy atom. The van der Waals surface area contributed by atoms with E-state index in [0.29, 0.717) is 23.8 Å². The Labute approximate surface area is 147 Å². The van der Waals surface area contributed by atoms with Gasteiger partial charge in [0.15, 0.2) is 0 Å². The maximum Gasteiger partial charge on any atom is 0.253 e. The molecule has 0 bridgehead atoms. The van der Waals surface area contributed by atoms with E-state index in [9.17, 15) is 9.59 Å². The van der Waals surface area contributed by atoms with E-state index in [0.717, 1.165) is 18.4 Å². The van der Waals surface area contributed by atoms with Crippen molar-refractivity contribution in [1.82, 2.24) is 10.6 Å². The number of para-hydroxylation sites is 1. The second-order valence-electron chi connectivity index (χ2n) is 6.41. The van der Waals surface area contributed by atoms with E-state index in [-0.39, 0.29) is 18.4 Å². The molecular weight excluding hydrogens is 314 g/mol. The van der Waals surface area contributed by atoms with E-state index in [4.69, 9.17) is 0 Å². The normalized spacial score (nSPS) is 13.2. The first kappa shape index (κ1) is 17.0. The number of aryl methyl sites for hydroxylation is 1. The van der Waals surface area contributed by atoms with E-state index >= 15 is 0 Å². The fourth-order valence-corrected chi connectivity index (χ4v) is 2.47. The van der Waals surface area contributed by atoms with Crippen LogP contribution in [0.1, 0.15) is 34.3 Å². The zero-order valence-electron chi connectivity index (χ0n) is 14.3. The van der Waals surface area contributed by atoms with Crippen molar-refractivity contribution in [2.24, 2.45) is 0 Å². The number of rotatable bonds is 7. The Hall–Kier alpha value is -2.82. The molecule has 25 heavy (non-hydrogen) atoms. The summed E-state index contributed by atoms with van der Waals surface area (Å²) in [4.78, 5) is 24.3. The highest BCUT2D eigenvalue weighted by atomic mass is 16.2. The first-order valence-corrected chi connectivity index (χ1v) is 8.58. The molecule has 0 atom stereocenters. The Bertz CT molecular complexity index is 752. The van der Waals surface area contributed by atoms with Crippen molar-refractivity contribution in [3.63, 3.8) is 0 Å². The van der Waals surface area contributed by atoms with E-state index in [1.54, 1.807) is 6.07 Å². The molecule has 1 fully saturated rings. The quantitative estimate of drug-likeness (QED) is 0.727. The molecule has 3 rings (SSSR count). The number of benzene rings is 2. The van der Waals surface area contributed by atoms with E-state index < -0.39 is 0 Å². The highest BCUT2D eigenvalue weighted by Gasteiger charge is 2.24. The van der Waals surface area contributed by atoms with Gasteiger partial charge in [0.2, 0.25) is 5.91 Å². The summed E-state index contributed by atoms with van der Waals surface area (Å²) in [6, 6.07) is 15.6. The van der Waals surface area contributed by atoms with Crippen molar-refractivity contribution in [1.29, 1.82) is 0 Å². The average molecular weight is 337 g/mol. The van der Waals surface area contributed by atoms with Gasteiger partial charge < -0.3 is 16.0 Å². The largest absolute Gasteiger partial charge is 0.376 e. The molecule has 3 N–H and O–H groups in total. The number of hydrogen-bond donors (Lipinski definition) is 3. The summed E-state index contributed by atoms with van der Waals surface area (Å²) < 4.78 is 0. The van der Waals surface area contributed by atoms with E-state index in [1.165, 1.54) is 5.56 Å². The Morgan fingerprint density at radius 2 is 1.76 bits per heavy atom. The minimum Gasteiger partial charge on any atom is -0.376 e. The molecule has 5 heteroatoms. The van der Waals surface area contributed by atoms with Crippen LogP contribution in [-0.2, 0) is 11.3 Å². The average Bonchev–Trinajstić information content (AvgIpc) is 3.43. The molecule has 2 aromatic carbocycles. The van der Waals surface area contributed by atoms with Gasteiger partial charge in [-0.05, 0) is 37.5 Å². The van der Waals surface area contributed by atoms with Gasteiger partial charge in [0.1, 0.15) is 0 Å². The molecule has 130 valence electrons. The molecule has 1 aliphatic carbocycles. The van der Waals surface area contributed by atoms with Crippen LogP contribution in [0, 0.1) is 6.92 Å². The number of carbonyl (C=O) groups is 2. The molecule has 0 saturated heterocycles. The topological polar surface area (TPSA) is 70.2 Å². The fraction of sp³-hybridized carbons (Fsp3) is 0.300. The Morgan fingerprint density at radius 3 is 2.48 bits per heavy atom. The number of anilines is 1. The fourth-order valence-electron chi connectivity index (χ4n) is 2.47. The summed E-state index contributed by atoms with van der Waals surface area (Å²) in [5, 5.41) is 8.91. The van der Waals surface area contributed by atoms with Crippen molar-refractivity contribution in [3.05, 3.63) is 65.2 Å². The standard InChI is InChI=1S/C20H23N3O2/c1-14-6-8-15(9-7-14)12-22-19(24)13-21-18-5-3-2-4-17(18)20(25)23-16-10-11-16/h2-9,16,21H,10-13H2,1H3,(H,22,24)(H,23,25). The highest BCUT2D eigenvalue weighted by molar-refractivity contribution is 6.00. The van der Waals surface area contributed by atoms with Crippen molar-refractivity contribution < 1.29 is 9.59 Å². The summed E-state index contributed by atoms with van der Waals surface area (Å²) in [6.07, 6.45) is 2.09. The second-order valence-corrected chi connectivity index (χ2v) is 6.41. The Balaban J connectivity index is 1.51. The Kier molecular flexibility index (Phi) is 5.33. The summed E-state index contributed by atoms with van der Waals surface area (Å²) >= 11 is 0. The van der Waals surface area contributed by atoms with Crippen LogP contribution < -0.4 is 16.0 Å². The molecule has 5 nitrogen and oxygen atoms in total. The van der Waals surface area contributed by atoms with Crippen molar-refractivity contribution in [3.8, 4) is 0 Å². The van der Waals surface area contributed by atoms with Crippen LogP contribution in [0.3, 0.4) is 0 Å². The molecule has 0 spiro atoms. The molecule has 0 radical (unpaired) electrons. The molecule has 2 amide bonds. The number of nitrogens with one attached hydrogen (secondary N) is 3. The van der Waals surface area contributed by atoms with E-state index in [1.807, 2.05) is 49.4 Å². The van der Waals surface area contributed by atoms with Gasteiger partial charge in [-0.1, -0.05) is 42.0 Å². The molecule has 0 heterocycles. The molecule has 2 aromatic rings. The molecule has 0 aliphatic heterocycles. The third kappa shape index (κ3) is 5.08. The lowest BCUT2D eigenvalue weighted by Gasteiger charge is -2.12. The van der Waals surface area contributed by atoms with Gasteiger partial charge in [-0.2, -0.15) is 0 Å². The minimum absolute atomic E-state index is 0.0920. The van der Waals surface area contributed by atoms with Crippen LogP contribution in [0.2, 0.25) is 0 Å². The zero-order valence-corrected chi connectivity index (χ0v) is 14.3. The van der Waals surface area contributed by atoms with Gasteiger partial charge in [-0.3, -0.25) is 9.59 Å². The van der Waals surface area contributed by atoms with Crippen molar-refractivity contribution in [2.75, 3.05) is 11.9 Å². The van der Waals surface area contributed by atoms with Gasteiger partial charge in [0.05, 0.1) is 12.1 Å². The van der Waals surface area contributed by atoms with Crippen LogP contribution >= 0.6 is 0 Å². The van der Waals surface area contributed by atoms with Gasteiger partial charge in [0.25, 0.3) is 5.91 Å². The monoisotopic (exact) mass is 337 g/mol. The van der Waals surface area contributed by atoms with Crippen LogP contribution in [-0.4, -0.2) is 24.4 Å². The molecular formula is C20H23N3O2. The van der Waals surface area contributed by atoms with Crippen LogP contribution in [0.25, 0.3) is 0 Å². The van der Waals surface area contributed by atoms with Gasteiger partial charge in [-0.25, -0.2) is 0 Å². The summed E-state index contributed by atoms with van der Waals surface area (Å²) in [5.41, 5.74) is 3.49. The molecule has 1 saturated carbocycles. The summed E-state index contributed by atoms with van der Waals surface area (Å²) in [6.45, 7) is 2.65. The van der Waals surface area contributed by atoms with Crippen LogP contribution in [0.5, 0.6) is 0 Å². The first-order chi connectivity index (χ1) is 12.1. The summed E-state index contributed by atoms with van der Waals surface area (Å²) in [7, 11) is 0. The van der Waals surface area contributed by atoms with Gasteiger partial charge in [0, 0.05) is 18.3 Å². The number of hydrogen-bond acceptors (Lipinski definition) is 3. The second kappa shape index (κ2) is 7.83.